The maximum absolute atomic E-state index is 11.3. The van der Waals surface area contributed by atoms with Gasteiger partial charge in [-0.25, -0.2) is 4.79 Å². The minimum absolute atomic E-state index is 0.392. The van der Waals surface area contributed by atoms with E-state index in [0.29, 0.717) is 27.8 Å². The number of nitrogens with two attached hydrogens (primary N) is 1. The summed E-state index contributed by atoms with van der Waals surface area (Å²) in [7, 11) is 1.33. The number of benzene rings is 2. The third kappa shape index (κ3) is 3.17. The molecule has 5 heteroatoms. The van der Waals surface area contributed by atoms with Crippen molar-refractivity contribution in [1.29, 1.82) is 0 Å². The lowest BCUT2D eigenvalue weighted by Gasteiger charge is -2.08. The minimum atomic E-state index is -0.392. The maximum atomic E-state index is 11.3. The average Bonchev–Trinajstić information content (AvgIpc) is 2.42. The fourth-order valence-corrected chi connectivity index (χ4v) is 1.73. The molecule has 0 spiro atoms. The number of nitrogen functional groups attached to an aromatic ring is 1. The monoisotopic (exact) mass is 277 g/mol. The Kier molecular flexibility index (Phi) is 3.92. The Balaban J connectivity index is 2.17. The normalized spacial score (nSPS) is 10.0. The van der Waals surface area contributed by atoms with E-state index in [4.69, 9.17) is 22.1 Å². The van der Waals surface area contributed by atoms with Crippen molar-refractivity contribution in [2.75, 3.05) is 12.8 Å². The zero-order chi connectivity index (χ0) is 13.8. The summed E-state index contributed by atoms with van der Waals surface area (Å²) in [5.74, 6) is 0.679. The Morgan fingerprint density at radius 1 is 1.16 bits per heavy atom. The van der Waals surface area contributed by atoms with Gasteiger partial charge in [-0.2, -0.15) is 0 Å². The van der Waals surface area contributed by atoms with Gasteiger partial charge in [0.25, 0.3) is 0 Å². The number of esters is 1. The van der Waals surface area contributed by atoms with Crippen molar-refractivity contribution in [2.24, 2.45) is 0 Å². The predicted molar refractivity (Wildman–Crippen MR) is 73.7 cm³/mol. The SMILES string of the molecule is COC(=O)c1ccc(Oc2ccc(N)cc2Cl)cc1. The molecule has 0 atom stereocenters. The fraction of sp³-hybridized carbons (Fsp3) is 0.0714. The third-order valence-electron chi connectivity index (χ3n) is 2.46. The van der Waals surface area contributed by atoms with Crippen LogP contribution in [0.25, 0.3) is 0 Å². The van der Waals surface area contributed by atoms with Crippen molar-refractivity contribution in [3.63, 3.8) is 0 Å². The molecule has 2 rings (SSSR count). The zero-order valence-corrected chi connectivity index (χ0v) is 11.0. The zero-order valence-electron chi connectivity index (χ0n) is 10.2. The topological polar surface area (TPSA) is 61.5 Å². The van der Waals surface area contributed by atoms with Gasteiger partial charge in [0.2, 0.25) is 0 Å². The molecule has 2 aromatic carbocycles. The molecule has 0 heterocycles. The second-order valence-electron chi connectivity index (χ2n) is 3.81. The second-order valence-corrected chi connectivity index (χ2v) is 4.22. The Hall–Kier alpha value is -2.20. The molecule has 4 nitrogen and oxygen atoms in total. The minimum Gasteiger partial charge on any atom is -0.465 e. The standard InChI is InChI=1S/C14H12ClNO3/c1-18-14(17)9-2-5-11(6-3-9)19-13-7-4-10(16)8-12(13)15/h2-8H,16H2,1H3. The highest BCUT2D eigenvalue weighted by Crippen LogP contribution is 2.30. The number of carbonyl (C=O) groups excluding carboxylic acids is 1. The molecular formula is C14H12ClNO3. The van der Waals surface area contributed by atoms with Gasteiger partial charge < -0.3 is 15.2 Å². The maximum Gasteiger partial charge on any atom is 0.337 e. The Morgan fingerprint density at radius 3 is 2.42 bits per heavy atom. The molecule has 2 aromatic rings. The van der Waals surface area contributed by atoms with Gasteiger partial charge in [-0.1, -0.05) is 11.6 Å². The Morgan fingerprint density at radius 2 is 1.84 bits per heavy atom. The first kappa shape index (κ1) is 13.2. The molecular weight excluding hydrogens is 266 g/mol. The first-order valence-corrected chi connectivity index (χ1v) is 5.89. The largest absolute Gasteiger partial charge is 0.465 e. The third-order valence-corrected chi connectivity index (χ3v) is 2.75. The molecule has 19 heavy (non-hydrogen) atoms. The van der Waals surface area contributed by atoms with Gasteiger partial charge in [-0.3, -0.25) is 0 Å². The first-order valence-electron chi connectivity index (χ1n) is 5.51. The summed E-state index contributed by atoms with van der Waals surface area (Å²) < 4.78 is 10.2. The summed E-state index contributed by atoms with van der Waals surface area (Å²) in [6, 6.07) is 11.6. The van der Waals surface area contributed by atoms with Gasteiger partial charge in [-0.15, -0.1) is 0 Å². The lowest BCUT2D eigenvalue weighted by Crippen LogP contribution is -2.00. The molecule has 0 unspecified atom stereocenters. The number of hydrogen-bond donors (Lipinski definition) is 1. The molecule has 0 fully saturated rings. The van der Waals surface area contributed by atoms with Crippen LogP contribution in [0.3, 0.4) is 0 Å². The van der Waals surface area contributed by atoms with E-state index in [1.807, 2.05) is 0 Å². The van der Waals surface area contributed by atoms with E-state index in [9.17, 15) is 4.79 Å². The van der Waals surface area contributed by atoms with Crippen molar-refractivity contribution < 1.29 is 14.3 Å². The van der Waals surface area contributed by atoms with Crippen LogP contribution in [0.4, 0.5) is 5.69 Å². The van der Waals surface area contributed by atoms with Crippen LogP contribution in [0.2, 0.25) is 5.02 Å². The summed E-state index contributed by atoms with van der Waals surface area (Å²) in [6.45, 7) is 0. The highest BCUT2D eigenvalue weighted by molar-refractivity contribution is 6.32. The van der Waals surface area contributed by atoms with E-state index in [2.05, 4.69) is 4.74 Å². The van der Waals surface area contributed by atoms with Gasteiger partial charge in [0.05, 0.1) is 17.7 Å². The summed E-state index contributed by atoms with van der Waals surface area (Å²) >= 11 is 6.00. The van der Waals surface area contributed by atoms with Gasteiger partial charge in [0.15, 0.2) is 0 Å². The molecule has 2 N–H and O–H groups in total. The number of halogens is 1. The molecule has 0 saturated heterocycles. The molecule has 0 aliphatic rings. The molecule has 0 aliphatic heterocycles. The van der Waals surface area contributed by atoms with E-state index in [1.54, 1.807) is 42.5 Å². The number of methoxy groups -OCH3 is 1. The molecule has 0 radical (unpaired) electrons. The smallest absolute Gasteiger partial charge is 0.337 e. The number of hydrogen-bond acceptors (Lipinski definition) is 4. The summed E-state index contributed by atoms with van der Waals surface area (Å²) in [5.41, 5.74) is 6.62. The van der Waals surface area contributed by atoms with Crippen molar-refractivity contribution in [3.05, 3.63) is 53.1 Å². The second kappa shape index (κ2) is 5.63. The van der Waals surface area contributed by atoms with Crippen molar-refractivity contribution in [3.8, 4) is 11.5 Å². The van der Waals surface area contributed by atoms with Crippen LogP contribution in [0.5, 0.6) is 11.5 Å². The van der Waals surface area contributed by atoms with Crippen molar-refractivity contribution >= 4 is 23.3 Å². The Labute approximate surface area is 115 Å². The number of rotatable bonds is 3. The van der Waals surface area contributed by atoms with Gasteiger partial charge >= 0.3 is 5.97 Å². The fourth-order valence-electron chi connectivity index (χ4n) is 1.50. The van der Waals surface area contributed by atoms with E-state index in [-0.39, 0.29) is 0 Å². The molecule has 0 aromatic heterocycles. The number of carbonyl (C=O) groups is 1. The molecule has 98 valence electrons. The van der Waals surface area contributed by atoms with E-state index < -0.39 is 5.97 Å². The first-order chi connectivity index (χ1) is 9.10. The van der Waals surface area contributed by atoms with E-state index in [1.165, 1.54) is 7.11 Å². The number of ether oxygens (including phenoxy) is 2. The summed E-state index contributed by atoms with van der Waals surface area (Å²) in [6.07, 6.45) is 0. The van der Waals surface area contributed by atoms with Crippen molar-refractivity contribution in [2.45, 2.75) is 0 Å². The molecule has 0 amide bonds. The van der Waals surface area contributed by atoms with Crippen LogP contribution in [0, 0.1) is 0 Å². The highest BCUT2D eigenvalue weighted by atomic mass is 35.5. The van der Waals surface area contributed by atoms with E-state index in [0.717, 1.165) is 0 Å². The quantitative estimate of drug-likeness (QED) is 0.689. The van der Waals surface area contributed by atoms with Crippen LogP contribution in [-0.2, 0) is 4.74 Å². The summed E-state index contributed by atoms with van der Waals surface area (Å²) in [4.78, 5) is 11.3. The number of anilines is 1. The van der Waals surface area contributed by atoms with Crippen LogP contribution < -0.4 is 10.5 Å². The van der Waals surface area contributed by atoms with Crippen LogP contribution in [0.15, 0.2) is 42.5 Å². The van der Waals surface area contributed by atoms with Gasteiger partial charge in [0, 0.05) is 5.69 Å². The molecule has 0 saturated carbocycles. The van der Waals surface area contributed by atoms with E-state index >= 15 is 0 Å². The lowest BCUT2D eigenvalue weighted by molar-refractivity contribution is 0.0600. The van der Waals surface area contributed by atoms with Crippen LogP contribution >= 0.6 is 11.6 Å². The van der Waals surface area contributed by atoms with Gasteiger partial charge in [0.1, 0.15) is 11.5 Å². The molecule has 0 bridgehead atoms. The van der Waals surface area contributed by atoms with Crippen molar-refractivity contribution in [1.82, 2.24) is 0 Å². The molecule has 0 aliphatic carbocycles. The highest BCUT2D eigenvalue weighted by Gasteiger charge is 2.07. The lowest BCUT2D eigenvalue weighted by atomic mass is 10.2. The predicted octanol–water partition coefficient (Wildman–Crippen LogP) is 3.50. The van der Waals surface area contributed by atoms with Gasteiger partial charge in [-0.05, 0) is 42.5 Å². The Bertz CT molecular complexity index is 596. The van der Waals surface area contributed by atoms with Crippen LogP contribution in [-0.4, -0.2) is 13.1 Å². The average molecular weight is 278 g/mol. The summed E-state index contributed by atoms with van der Waals surface area (Å²) in [5, 5.41) is 0.428. The van der Waals surface area contributed by atoms with Crippen LogP contribution in [0.1, 0.15) is 10.4 Å².